The second-order valence-electron chi connectivity index (χ2n) is 4.64. The number of ether oxygens (including phenoxy) is 1. The summed E-state index contributed by atoms with van der Waals surface area (Å²) in [5.41, 5.74) is 7.57. The molecule has 1 atom stereocenters. The zero-order valence-electron chi connectivity index (χ0n) is 11.4. The summed E-state index contributed by atoms with van der Waals surface area (Å²) >= 11 is 4.98. The zero-order chi connectivity index (χ0) is 13.7. The first-order valence-electron chi connectivity index (χ1n) is 5.91. The van der Waals surface area contributed by atoms with Crippen LogP contribution in [0.2, 0.25) is 0 Å². The molecule has 0 saturated carbocycles. The van der Waals surface area contributed by atoms with Gasteiger partial charge in [0.1, 0.15) is 5.75 Å². The highest BCUT2D eigenvalue weighted by Gasteiger charge is 2.10. The Kier molecular flexibility index (Phi) is 5.50. The Labute approximate surface area is 114 Å². The van der Waals surface area contributed by atoms with Gasteiger partial charge >= 0.3 is 0 Å². The molecule has 0 aliphatic carbocycles. The Balaban J connectivity index is 2.66. The average molecular weight is 267 g/mol. The fourth-order valence-electron chi connectivity index (χ4n) is 1.80. The van der Waals surface area contributed by atoms with Crippen molar-refractivity contribution in [2.24, 2.45) is 11.7 Å². The maximum Gasteiger partial charge on any atom is 0.122 e. The van der Waals surface area contributed by atoms with Gasteiger partial charge in [-0.05, 0) is 14.0 Å². The third-order valence-corrected chi connectivity index (χ3v) is 3.12. The molecule has 100 valence electrons. The quantitative estimate of drug-likeness (QED) is 0.796. The van der Waals surface area contributed by atoms with Crippen molar-refractivity contribution in [3.05, 3.63) is 23.5 Å². The number of aryl methyl sites for hydroxylation is 1. The van der Waals surface area contributed by atoms with E-state index in [-0.39, 0.29) is 5.92 Å². The molecule has 1 heterocycles. The number of aromatic nitrogens is 1. The van der Waals surface area contributed by atoms with Crippen LogP contribution in [0.5, 0.6) is 5.75 Å². The zero-order valence-corrected chi connectivity index (χ0v) is 12.3. The van der Waals surface area contributed by atoms with Crippen molar-refractivity contribution < 1.29 is 4.74 Å². The second kappa shape index (κ2) is 6.66. The van der Waals surface area contributed by atoms with Crippen LogP contribution >= 0.6 is 12.2 Å². The molecule has 0 spiro atoms. The summed E-state index contributed by atoms with van der Waals surface area (Å²) < 4.78 is 5.24. The smallest absolute Gasteiger partial charge is 0.122 e. The van der Waals surface area contributed by atoms with Gasteiger partial charge in [0.25, 0.3) is 0 Å². The second-order valence-corrected chi connectivity index (χ2v) is 5.11. The van der Waals surface area contributed by atoms with Crippen molar-refractivity contribution in [1.29, 1.82) is 0 Å². The van der Waals surface area contributed by atoms with Gasteiger partial charge < -0.3 is 10.5 Å². The van der Waals surface area contributed by atoms with Crippen LogP contribution in [0.4, 0.5) is 0 Å². The van der Waals surface area contributed by atoms with Crippen LogP contribution in [0.1, 0.15) is 18.3 Å². The van der Waals surface area contributed by atoms with Gasteiger partial charge in [0.05, 0.1) is 17.8 Å². The lowest BCUT2D eigenvalue weighted by atomic mass is 10.1. The van der Waals surface area contributed by atoms with E-state index in [9.17, 15) is 0 Å². The number of nitrogens with zero attached hydrogens (tertiary/aromatic N) is 2. The Morgan fingerprint density at radius 2 is 2.22 bits per heavy atom. The van der Waals surface area contributed by atoms with Crippen LogP contribution in [-0.2, 0) is 6.54 Å². The van der Waals surface area contributed by atoms with Crippen LogP contribution in [0.25, 0.3) is 0 Å². The van der Waals surface area contributed by atoms with Crippen molar-refractivity contribution in [3.8, 4) is 5.75 Å². The third-order valence-electron chi connectivity index (χ3n) is 2.72. The molecule has 2 N–H and O–H groups in total. The number of thiocarbonyl (C=S) groups is 1. The van der Waals surface area contributed by atoms with E-state index in [0.29, 0.717) is 4.99 Å². The van der Waals surface area contributed by atoms with E-state index in [4.69, 9.17) is 22.7 Å². The normalized spacial score (nSPS) is 12.5. The monoisotopic (exact) mass is 267 g/mol. The summed E-state index contributed by atoms with van der Waals surface area (Å²) in [6, 6.07) is 3.87. The highest BCUT2D eigenvalue weighted by Crippen LogP contribution is 2.14. The molecular weight excluding hydrogens is 246 g/mol. The molecule has 1 aromatic heterocycles. The number of hydrogen-bond donors (Lipinski definition) is 1. The van der Waals surface area contributed by atoms with E-state index in [1.807, 2.05) is 33.0 Å². The molecule has 0 amide bonds. The average Bonchev–Trinajstić information content (AvgIpc) is 2.27. The van der Waals surface area contributed by atoms with Crippen LogP contribution in [0.15, 0.2) is 12.1 Å². The van der Waals surface area contributed by atoms with Gasteiger partial charge in [-0.25, -0.2) is 0 Å². The molecule has 0 saturated heterocycles. The van der Waals surface area contributed by atoms with Gasteiger partial charge in [0.2, 0.25) is 0 Å². The summed E-state index contributed by atoms with van der Waals surface area (Å²) in [7, 11) is 3.70. The van der Waals surface area contributed by atoms with Crippen LogP contribution < -0.4 is 10.5 Å². The van der Waals surface area contributed by atoms with Gasteiger partial charge in [0, 0.05) is 36.8 Å². The van der Waals surface area contributed by atoms with E-state index in [0.717, 1.165) is 30.2 Å². The maximum absolute atomic E-state index is 5.62. The van der Waals surface area contributed by atoms with Gasteiger partial charge in [0.15, 0.2) is 0 Å². The van der Waals surface area contributed by atoms with Crippen molar-refractivity contribution in [2.75, 3.05) is 20.7 Å². The van der Waals surface area contributed by atoms with E-state index in [1.165, 1.54) is 0 Å². The van der Waals surface area contributed by atoms with Crippen molar-refractivity contribution >= 4 is 17.2 Å². The predicted molar refractivity (Wildman–Crippen MR) is 77.8 cm³/mol. The molecule has 4 nitrogen and oxygen atoms in total. The fraction of sp³-hybridized carbons (Fsp3) is 0.538. The summed E-state index contributed by atoms with van der Waals surface area (Å²) in [5, 5.41) is 0. The summed E-state index contributed by atoms with van der Waals surface area (Å²) in [5.74, 6) is 1.05. The minimum Gasteiger partial charge on any atom is -0.497 e. The Bertz CT molecular complexity index is 423. The largest absolute Gasteiger partial charge is 0.497 e. The molecule has 1 rings (SSSR count). The first-order valence-corrected chi connectivity index (χ1v) is 6.32. The first-order chi connectivity index (χ1) is 8.42. The molecule has 18 heavy (non-hydrogen) atoms. The highest BCUT2D eigenvalue weighted by molar-refractivity contribution is 7.80. The molecular formula is C13H21N3OS. The van der Waals surface area contributed by atoms with E-state index < -0.39 is 0 Å². The standard InChI is InChI=1S/C13H21N3OS/c1-9(13(14)18)7-16(3)8-11-6-12(17-4)5-10(2)15-11/h5-6,9H,7-8H2,1-4H3,(H2,14,18). The van der Waals surface area contributed by atoms with Crippen molar-refractivity contribution in [1.82, 2.24) is 9.88 Å². The molecule has 5 heteroatoms. The Morgan fingerprint density at radius 1 is 1.56 bits per heavy atom. The Morgan fingerprint density at radius 3 is 2.78 bits per heavy atom. The SMILES string of the molecule is COc1cc(C)nc(CN(C)CC(C)C(N)=S)c1. The topological polar surface area (TPSA) is 51.4 Å². The molecule has 0 fully saturated rings. The predicted octanol–water partition coefficient (Wildman–Crippen LogP) is 1.75. The molecule has 0 radical (unpaired) electrons. The molecule has 1 aromatic rings. The van der Waals surface area contributed by atoms with Crippen molar-refractivity contribution in [3.63, 3.8) is 0 Å². The first kappa shape index (κ1) is 14.9. The number of methoxy groups -OCH3 is 1. The number of nitrogens with two attached hydrogens (primary N) is 1. The molecule has 0 aromatic carbocycles. The van der Waals surface area contributed by atoms with Gasteiger partial charge in [-0.15, -0.1) is 0 Å². The highest BCUT2D eigenvalue weighted by atomic mass is 32.1. The summed E-state index contributed by atoms with van der Waals surface area (Å²) in [4.78, 5) is 7.20. The van der Waals surface area contributed by atoms with E-state index >= 15 is 0 Å². The summed E-state index contributed by atoms with van der Waals surface area (Å²) in [6.07, 6.45) is 0. The number of pyridine rings is 1. The minimum absolute atomic E-state index is 0.205. The third kappa shape index (κ3) is 4.58. The van der Waals surface area contributed by atoms with Crippen LogP contribution in [-0.4, -0.2) is 35.6 Å². The number of rotatable bonds is 6. The molecule has 1 unspecified atom stereocenters. The van der Waals surface area contributed by atoms with E-state index in [1.54, 1.807) is 7.11 Å². The van der Waals surface area contributed by atoms with Crippen LogP contribution in [0, 0.1) is 12.8 Å². The fourth-order valence-corrected chi connectivity index (χ4v) is 1.87. The summed E-state index contributed by atoms with van der Waals surface area (Å²) in [6.45, 7) is 5.57. The lowest BCUT2D eigenvalue weighted by molar-refractivity contribution is 0.303. The number of hydrogen-bond acceptors (Lipinski definition) is 4. The molecule has 0 bridgehead atoms. The van der Waals surface area contributed by atoms with Crippen LogP contribution in [0.3, 0.4) is 0 Å². The molecule has 0 aliphatic heterocycles. The molecule has 0 aliphatic rings. The minimum atomic E-state index is 0.205. The van der Waals surface area contributed by atoms with Gasteiger partial charge in [-0.2, -0.15) is 0 Å². The maximum atomic E-state index is 5.62. The van der Waals surface area contributed by atoms with Gasteiger partial charge in [-0.1, -0.05) is 19.1 Å². The van der Waals surface area contributed by atoms with E-state index in [2.05, 4.69) is 9.88 Å². The Hall–Kier alpha value is -1.20. The van der Waals surface area contributed by atoms with Gasteiger partial charge in [-0.3, -0.25) is 9.88 Å². The van der Waals surface area contributed by atoms with Crippen molar-refractivity contribution in [2.45, 2.75) is 20.4 Å². The lowest BCUT2D eigenvalue weighted by Gasteiger charge is -2.20. The lowest BCUT2D eigenvalue weighted by Crippen LogP contribution is -2.31.